The van der Waals surface area contributed by atoms with Crippen molar-refractivity contribution in [3.8, 4) is 6.07 Å². The number of ether oxygens (including phenoxy) is 1. The van der Waals surface area contributed by atoms with Gasteiger partial charge in [-0.25, -0.2) is 0 Å². The molecule has 0 saturated heterocycles. The third kappa shape index (κ3) is 3.78. The van der Waals surface area contributed by atoms with Crippen molar-refractivity contribution in [1.82, 2.24) is 0 Å². The summed E-state index contributed by atoms with van der Waals surface area (Å²) in [7, 11) is 0. The summed E-state index contributed by atoms with van der Waals surface area (Å²) < 4.78 is 5.65. The Kier molecular flexibility index (Phi) is 5.30. The van der Waals surface area contributed by atoms with Crippen LogP contribution in [-0.4, -0.2) is 12.6 Å². The van der Waals surface area contributed by atoms with Crippen LogP contribution >= 0.6 is 0 Å². The van der Waals surface area contributed by atoms with Crippen LogP contribution in [0.4, 0.5) is 0 Å². The maximum Gasteiger partial charge on any atom is 0.309 e. The highest BCUT2D eigenvalue weighted by Gasteiger charge is 2.46. The quantitative estimate of drug-likeness (QED) is 0.694. The molecule has 0 amide bonds. The predicted octanol–water partition coefficient (Wildman–Crippen LogP) is 4.03. The summed E-state index contributed by atoms with van der Waals surface area (Å²) in [6.07, 6.45) is 4.27. The van der Waals surface area contributed by atoms with Gasteiger partial charge in [0.2, 0.25) is 0 Å². The number of carbonyl (C=O) groups is 1. The molecule has 0 aromatic heterocycles. The highest BCUT2D eigenvalue weighted by atomic mass is 16.5. The minimum atomic E-state index is -0.0324. The molecule has 2 bridgehead atoms. The van der Waals surface area contributed by atoms with E-state index in [0.29, 0.717) is 36.2 Å². The number of nitriles is 1. The summed E-state index contributed by atoms with van der Waals surface area (Å²) >= 11 is 0. The van der Waals surface area contributed by atoms with E-state index in [2.05, 4.69) is 33.8 Å². The topological polar surface area (TPSA) is 50.1 Å². The molecule has 0 aliphatic heterocycles. The van der Waals surface area contributed by atoms with E-state index in [9.17, 15) is 10.1 Å². The molecule has 0 spiro atoms. The third-order valence-corrected chi connectivity index (χ3v) is 5.39. The van der Waals surface area contributed by atoms with Gasteiger partial charge in [0.05, 0.1) is 18.6 Å². The van der Waals surface area contributed by atoms with Gasteiger partial charge in [0.25, 0.3) is 0 Å². The fourth-order valence-corrected chi connectivity index (χ4v) is 4.28. The van der Waals surface area contributed by atoms with Crippen LogP contribution in [0.25, 0.3) is 0 Å². The first-order chi connectivity index (χ1) is 9.92. The lowest BCUT2D eigenvalue weighted by Crippen LogP contribution is -2.29. The van der Waals surface area contributed by atoms with Crippen LogP contribution in [0.1, 0.15) is 53.4 Å². The number of fused-ring (bicyclic) bond motifs is 2. The Hall–Kier alpha value is -1.04. The molecule has 2 aliphatic rings. The Morgan fingerprint density at radius 3 is 2.48 bits per heavy atom. The Labute approximate surface area is 129 Å². The van der Waals surface area contributed by atoms with E-state index in [0.717, 1.165) is 19.3 Å². The van der Waals surface area contributed by atoms with Gasteiger partial charge in [-0.05, 0) is 55.3 Å². The summed E-state index contributed by atoms with van der Waals surface area (Å²) in [6.45, 7) is 9.01. The molecular formula is C18H29NO2. The molecule has 118 valence electrons. The van der Waals surface area contributed by atoms with E-state index >= 15 is 0 Å². The molecule has 0 aromatic rings. The summed E-state index contributed by atoms with van der Waals surface area (Å²) in [4.78, 5) is 12.3. The lowest BCUT2D eigenvalue weighted by atomic mass is 9.82. The number of hydrogen-bond donors (Lipinski definition) is 0. The van der Waals surface area contributed by atoms with Crippen LogP contribution < -0.4 is 0 Å². The van der Waals surface area contributed by atoms with Crippen LogP contribution in [0.2, 0.25) is 0 Å². The lowest BCUT2D eigenvalue weighted by molar-refractivity contribution is -0.152. The molecule has 5 unspecified atom stereocenters. The van der Waals surface area contributed by atoms with E-state index in [1.807, 2.05) is 0 Å². The fourth-order valence-electron chi connectivity index (χ4n) is 4.28. The molecule has 3 heteroatoms. The molecule has 3 nitrogen and oxygen atoms in total. The monoisotopic (exact) mass is 291 g/mol. The van der Waals surface area contributed by atoms with Crippen LogP contribution in [0.3, 0.4) is 0 Å². The summed E-state index contributed by atoms with van der Waals surface area (Å²) in [5.74, 6) is 2.59. The van der Waals surface area contributed by atoms with Gasteiger partial charge in [-0.15, -0.1) is 0 Å². The average molecular weight is 291 g/mol. The Bertz CT molecular complexity index is 410. The van der Waals surface area contributed by atoms with Gasteiger partial charge < -0.3 is 4.74 Å². The van der Waals surface area contributed by atoms with Crippen molar-refractivity contribution in [1.29, 1.82) is 5.26 Å². The Balaban J connectivity index is 1.85. The van der Waals surface area contributed by atoms with Crippen molar-refractivity contribution in [3.05, 3.63) is 0 Å². The zero-order valence-electron chi connectivity index (χ0n) is 13.8. The maximum absolute atomic E-state index is 12.3. The standard InChI is InChI=1S/C18H29NO2/c1-11(2)5-16(12(3)4)18(20)21-10-15-7-13-6-14(9-19)17(15)8-13/h11-17H,5-8,10H2,1-4H3. The van der Waals surface area contributed by atoms with Crippen LogP contribution in [0.15, 0.2) is 0 Å². The smallest absolute Gasteiger partial charge is 0.309 e. The van der Waals surface area contributed by atoms with Gasteiger partial charge in [0.15, 0.2) is 0 Å². The summed E-state index contributed by atoms with van der Waals surface area (Å²) in [6, 6.07) is 2.44. The highest BCUT2D eigenvalue weighted by Crippen LogP contribution is 2.51. The van der Waals surface area contributed by atoms with Crippen LogP contribution in [0.5, 0.6) is 0 Å². The Morgan fingerprint density at radius 1 is 1.24 bits per heavy atom. The van der Waals surface area contributed by atoms with E-state index in [1.165, 1.54) is 6.42 Å². The molecule has 2 fully saturated rings. The fraction of sp³-hybridized carbons (Fsp3) is 0.889. The van der Waals surface area contributed by atoms with E-state index in [-0.39, 0.29) is 17.8 Å². The van der Waals surface area contributed by atoms with Crippen LogP contribution in [0, 0.1) is 52.8 Å². The number of rotatable bonds is 6. The minimum absolute atomic E-state index is 0.00959. The zero-order chi connectivity index (χ0) is 15.6. The van der Waals surface area contributed by atoms with Crippen molar-refractivity contribution in [2.24, 2.45) is 41.4 Å². The first-order valence-corrected chi connectivity index (χ1v) is 8.48. The van der Waals surface area contributed by atoms with Crippen LogP contribution in [-0.2, 0) is 9.53 Å². The predicted molar refractivity (Wildman–Crippen MR) is 82.2 cm³/mol. The molecule has 2 rings (SSSR count). The van der Waals surface area contributed by atoms with Gasteiger partial charge in [-0.2, -0.15) is 5.26 Å². The second-order valence-corrected chi connectivity index (χ2v) is 7.84. The number of nitrogens with zero attached hydrogens (tertiary/aromatic N) is 1. The summed E-state index contributed by atoms with van der Waals surface area (Å²) in [5.41, 5.74) is 0. The van der Waals surface area contributed by atoms with E-state index in [4.69, 9.17) is 4.74 Å². The van der Waals surface area contributed by atoms with Crippen molar-refractivity contribution in [2.45, 2.75) is 53.4 Å². The van der Waals surface area contributed by atoms with Crippen molar-refractivity contribution < 1.29 is 9.53 Å². The van der Waals surface area contributed by atoms with Gasteiger partial charge >= 0.3 is 5.97 Å². The molecule has 0 heterocycles. The summed E-state index contributed by atoms with van der Waals surface area (Å²) in [5, 5.41) is 9.19. The largest absolute Gasteiger partial charge is 0.465 e. The normalized spacial score (nSPS) is 32.4. The lowest BCUT2D eigenvalue weighted by Gasteiger charge is -2.27. The Morgan fingerprint density at radius 2 is 1.95 bits per heavy atom. The second-order valence-electron chi connectivity index (χ2n) is 7.84. The van der Waals surface area contributed by atoms with Crippen molar-refractivity contribution >= 4 is 5.97 Å². The van der Waals surface area contributed by atoms with Gasteiger partial charge in [-0.1, -0.05) is 27.7 Å². The third-order valence-electron chi connectivity index (χ3n) is 5.39. The minimum Gasteiger partial charge on any atom is -0.465 e. The van der Waals surface area contributed by atoms with E-state index in [1.54, 1.807) is 0 Å². The molecule has 0 N–H and O–H groups in total. The molecule has 2 aliphatic carbocycles. The van der Waals surface area contributed by atoms with Crippen molar-refractivity contribution in [3.63, 3.8) is 0 Å². The van der Waals surface area contributed by atoms with Gasteiger partial charge in [-0.3, -0.25) is 4.79 Å². The molecule has 0 aromatic carbocycles. The van der Waals surface area contributed by atoms with Gasteiger partial charge in [0, 0.05) is 5.92 Å². The molecule has 21 heavy (non-hydrogen) atoms. The number of esters is 1. The first-order valence-electron chi connectivity index (χ1n) is 8.48. The van der Waals surface area contributed by atoms with Gasteiger partial charge in [0.1, 0.15) is 0 Å². The number of hydrogen-bond acceptors (Lipinski definition) is 3. The maximum atomic E-state index is 12.3. The molecule has 5 atom stereocenters. The average Bonchev–Trinajstić information content (AvgIpc) is 3.00. The van der Waals surface area contributed by atoms with E-state index < -0.39 is 0 Å². The van der Waals surface area contributed by atoms with Crippen molar-refractivity contribution in [2.75, 3.05) is 6.61 Å². The zero-order valence-corrected chi connectivity index (χ0v) is 13.8. The second kappa shape index (κ2) is 6.81. The highest BCUT2D eigenvalue weighted by molar-refractivity contribution is 5.72. The SMILES string of the molecule is CC(C)CC(C(=O)OCC1CC2CC(C#N)C1C2)C(C)C. The molecular weight excluding hydrogens is 262 g/mol. The number of carbonyl (C=O) groups excluding carboxylic acids is 1. The molecule has 0 radical (unpaired) electrons. The molecule has 2 saturated carbocycles. The first kappa shape index (κ1) is 16.3.